The van der Waals surface area contributed by atoms with E-state index in [4.69, 9.17) is 11.6 Å². The van der Waals surface area contributed by atoms with Crippen molar-refractivity contribution in [1.82, 2.24) is 10.6 Å². The fourth-order valence-electron chi connectivity index (χ4n) is 2.92. The number of amides is 1. The largest absolute Gasteiger partial charge is 0.355 e. The van der Waals surface area contributed by atoms with E-state index in [1.807, 2.05) is 12.1 Å². The summed E-state index contributed by atoms with van der Waals surface area (Å²) in [5.41, 5.74) is 1.24. The van der Waals surface area contributed by atoms with Gasteiger partial charge in [-0.3, -0.25) is 10.1 Å². The Kier molecular flexibility index (Phi) is 4.27. The Bertz CT molecular complexity index is 470. The second-order valence-electron chi connectivity index (χ2n) is 5.87. The van der Waals surface area contributed by atoms with Crippen molar-refractivity contribution in [3.63, 3.8) is 0 Å². The maximum Gasteiger partial charge on any atom is 0.237 e. The molecule has 1 saturated heterocycles. The van der Waals surface area contributed by atoms with E-state index in [1.165, 1.54) is 18.4 Å². The summed E-state index contributed by atoms with van der Waals surface area (Å²) in [6.45, 7) is 0.812. The maximum atomic E-state index is 12.1. The zero-order valence-corrected chi connectivity index (χ0v) is 12.3. The van der Waals surface area contributed by atoms with E-state index in [0.29, 0.717) is 5.92 Å². The molecule has 1 aromatic carbocycles. The molecule has 0 aromatic heterocycles. The van der Waals surface area contributed by atoms with Crippen LogP contribution in [0.15, 0.2) is 24.3 Å². The summed E-state index contributed by atoms with van der Waals surface area (Å²) >= 11 is 5.96. The van der Waals surface area contributed by atoms with E-state index in [9.17, 15) is 4.79 Å². The van der Waals surface area contributed by atoms with Crippen LogP contribution < -0.4 is 10.6 Å². The average Bonchev–Trinajstić information content (AvgIpc) is 3.27. The predicted octanol–water partition coefficient (Wildman–Crippen LogP) is 3.05. The molecule has 1 amide bonds. The number of hydrogen-bond donors (Lipinski definition) is 2. The van der Waals surface area contributed by atoms with Gasteiger partial charge in [0.2, 0.25) is 5.91 Å². The highest BCUT2D eigenvalue weighted by Gasteiger charge is 2.35. The molecule has 2 fully saturated rings. The smallest absolute Gasteiger partial charge is 0.237 e. The minimum Gasteiger partial charge on any atom is -0.355 e. The highest BCUT2D eigenvalue weighted by molar-refractivity contribution is 6.30. The van der Waals surface area contributed by atoms with Gasteiger partial charge in [-0.1, -0.05) is 23.7 Å². The Morgan fingerprint density at radius 2 is 1.90 bits per heavy atom. The fraction of sp³-hybridized carbons (Fsp3) is 0.562. The lowest BCUT2D eigenvalue weighted by molar-refractivity contribution is -0.123. The molecule has 0 spiro atoms. The number of carbonyl (C=O) groups is 1. The fourth-order valence-corrected chi connectivity index (χ4v) is 3.05. The monoisotopic (exact) mass is 292 g/mol. The Hall–Kier alpha value is -1.06. The van der Waals surface area contributed by atoms with E-state index in [-0.39, 0.29) is 18.0 Å². The molecule has 108 valence electrons. The highest BCUT2D eigenvalue weighted by Crippen LogP contribution is 2.41. The van der Waals surface area contributed by atoms with Gasteiger partial charge in [-0.25, -0.2) is 0 Å². The van der Waals surface area contributed by atoms with Gasteiger partial charge in [-0.05, 0) is 55.7 Å². The number of rotatable bonds is 4. The van der Waals surface area contributed by atoms with Crippen molar-refractivity contribution < 1.29 is 4.79 Å². The summed E-state index contributed by atoms with van der Waals surface area (Å²) in [6, 6.07) is 8.24. The van der Waals surface area contributed by atoms with Crippen LogP contribution >= 0.6 is 11.6 Å². The number of carbonyl (C=O) groups excluding carboxylic acids is 1. The molecule has 2 atom stereocenters. The molecule has 20 heavy (non-hydrogen) atoms. The van der Waals surface area contributed by atoms with Crippen LogP contribution in [0.4, 0.5) is 0 Å². The SMILES string of the molecule is O=C1NCCCCC1NC(c1ccc(Cl)cc1)C1CC1. The minimum atomic E-state index is -0.0567. The van der Waals surface area contributed by atoms with Crippen LogP contribution in [0.25, 0.3) is 0 Å². The van der Waals surface area contributed by atoms with Crippen LogP contribution in [0.2, 0.25) is 5.02 Å². The first kappa shape index (κ1) is 13.9. The molecule has 0 bridgehead atoms. The number of hydrogen-bond acceptors (Lipinski definition) is 2. The first-order valence-electron chi connectivity index (χ1n) is 7.53. The van der Waals surface area contributed by atoms with Crippen molar-refractivity contribution >= 4 is 17.5 Å². The molecule has 0 radical (unpaired) electrons. The van der Waals surface area contributed by atoms with E-state index in [1.54, 1.807) is 0 Å². The Labute approximate surface area is 125 Å². The second-order valence-corrected chi connectivity index (χ2v) is 6.31. The molecule has 1 aromatic rings. The topological polar surface area (TPSA) is 41.1 Å². The van der Waals surface area contributed by atoms with Crippen LogP contribution in [0.1, 0.15) is 43.7 Å². The highest BCUT2D eigenvalue weighted by atomic mass is 35.5. The zero-order chi connectivity index (χ0) is 13.9. The molecule has 3 rings (SSSR count). The first-order chi connectivity index (χ1) is 9.74. The summed E-state index contributed by atoms with van der Waals surface area (Å²) in [7, 11) is 0. The lowest BCUT2D eigenvalue weighted by Gasteiger charge is -2.24. The lowest BCUT2D eigenvalue weighted by atomic mass is 10.00. The Morgan fingerprint density at radius 3 is 2.60 bits per heavy atom. The summed E-state index contributed by atoms with van der Waals surface area (Å²) in [4.78, 5) is 12.1. The van der Waals surface area contributed by atoms with Crippen molar-refractivity contribution in [3.8, 4) is 0 Å². The van der Waals surface area contributed by atoms with E-state index in [0.717, 1.165) is 30.8 Å². The molecular weight excluding hydrogens is 272 g/mol. The van der Waals surface area contributed by atoms with Crippen LogP contribution in [0, 0.1) is 5.92 Å². The lowest BCUT2D eigenvalue weighted by Crippen LogP contribution is -2.44. The first-order valence-corrected chi connectivity index (χ1v) is 7.91. The quantitative estimate of drug-likeness (QED) is 0.895. The molecule has 2 aliphatic rings. The summed E-state index contributed by atoms with van der Waals surface area (Å²) in [6.07, 6.45) is 5.61. The predicted molar refractivity (Wildman–Crippen MR) is 80.7 cm³/mol. The van der Waals surface area contributed by atoms with E-state index in [2.05, 4.69) is 22.8 Å². The van der Waals surface area contributed by atoms with Crippen molar-refractivity contribution in [2.75, 3.05) is 6.54 Å². The molecular formula is C16H21ClN2O. The summed E-state index contributed by atoms with van der Waals surface area (Å²) in [5.74, 6) is 0.814. The van der Waals surface area contributed by atoms with Gasteiger partial charge in [0.1, 0.15) is 0 Å². The zero-order valence-electron chi connectivity index (χ0n) is 11.6. The third-order valence-corrected chi connectivity index (χ3v) is 4.49. The molecule has 2 N–H and O–H groups in total. The maximum absolute atomic E-state index is 12.1. The average molecular weight is 293 g/mol. The van der Waals surface area contributed by atoms with Gasteiger partial charge in [0.25, 0.3) is 0 Å². The van der Waals surface area contributed by atoms with Crippen molar-refractivity contribution in [2.45, 2.75) is 44.2 Å². The molecule has 1 aliphatic carbocycles. The number of nitrogens with one attached hydrogen (secondary N) is 2. The molecule has 1 aliphatic heterocycles. The van der Waals surface area contributed by atoms with E-state index < -0.39 is 0 Å². The second kappa shape index (κ2) is 6.15. The molecule has 1 saturated carbocycles. The van der Waals surface area contributed by atoms with Gasteiger partial charge >= 0.3 is 0 Å². The molecule has 4 heteroatoms. The molecule has 2 unspecified atom stereocenters. The number of halogens is 1. The molecule has 1 heterocycles. The number of benzene rings is 1. The van der Waals surface area contributed by atoms with Gasteiger partial charge in [0, 0.05) is 17.6 Å². The summed E-state index contributed by atoms with van der Waals surface area (Å²) in [5, 5.41) is 7.35. The van der Waals surface area contributed by atoms with Crippen molar-refractivity contribution in [1.29, 1.82) is 0 Å². The van der Waals surface area contributed by atoms with Crippen LogP contribution in [-0.4, -0.2) is 18.5 Å². The van der Waals surface area contributed by atoms with Crippen molar-refractivity contribution in [2.24, 2.45) is 5.92 Å². The van der Waals surface area contributed by atoms with Gasteiger partial charge < -0.3 is 5.32 Å². The Balaban J connectivity index is 1.73. The van der Waals surface area contributed by atoms with Crippen LogP contribution in [-0.2, 0) is 4.79 Å². The van der Waals surface area contributed by atoms with Gasteiger partial charge in [-0.2, -0.15) is 0 Å². The Morgan fingerprint density at radius 1 is 1.15 bits per heavy atom. The third-order valence-electron chi connectivity index (χ3n) is 4.24. The minimum absolute atomic E-state index is 0.0567. The van der Waals surface area contributed by atoms with Crippen LogP contribution in [0.5, 0.6) is 0 Å². The normalized spacial score (nSPS) is 24.9. The standard InChI is InChI=1S/C16H21ClN2O/c17-13-8-6-12(7-9-13)15(11-4-5-11)19-14-3-1-2-10-18-16(14)20/h6-9,11,14-15,19H,1-5,10H2,(H,18,20). The molecule has 3 nitrogen and oxygen atoms in total. The van der Waals surface area contributed by atoms with E-state index >= 15 is 0 Å². The van der Waals surface area contributed by atoms with Crippen LogP contribution in [0.3, 0.4) is 0 Å². The summed E-state index contributed by atoms with van der Waals surface area (Å²) < 4.78 is 0. The van der Waals surface area contributed by atoms with Gasteiger partial charge in [-0.15, -0.1) is 0 Å². The third kappa shape index (κ3) is 3.33. The van der Waals surface area contributed by atoms with Gasteiger partial charge in [0.15, 0.2) is 0 Å². The van der Waals surface area contributed by atoms with Crippen molar-refractivity contribution in [3.05, 3.63) is 34.9 Å². The van der Waals surface area contributed by atoms with Gasteiger partial charge in [0.05, 0.1) is 6.04 Å².